The smallest absolute Gasteiger partial charge is 0.121 e. The molecule has 2 nitrogen and oxygen atoms in total. The molecule has 0 aliphatic rings. The van der Waals surface area contributed by atoms with E-state index < -0.39 is 5.54 Å². The molecule has 4 aromatic rings. The first-order valence-electron chi connectivity index (χ1n) is 8.92. The summed E-state index contributed by atoms with van der Waals surface area (Å²) >= 11 is 0. The Hall–Kier alpha value is -3.13. The molecule has 2 heteroatoms. The number of benzene rings is 3. The van der Waals surface area contributed by atoms with Gasteiger partial charge in [0.25, 0.3) is 0 Å². The van der Waals surface area contributed by atoms with Crippen LogP contribution < -0.4 is 0 Å². The minimum atomic E-state index is -0.463. The van der Waals surface area contributed by atoms with Gasteiger partial charge in [-0.25, -0.2) is 4.98 Å². The molecule has 0 N–H and O–H groups in total. The van der Waals surface area contributed by atoms with Crippen LogP contribution in [-0.4, -0.2) is 9.55 Å². The average molecular weight is 338 g/mol. The van der Waals surface area contributed by atoms with Crippen LogP contribution in [0.15, 0.2) is 97.3 Å². The summed E-state index contributed by atoms with van der Waals surface area (Å²) in [6, 6.07) is 32.1. The third-order valence-corrected chi connectivity index (χ3v) is 5.19. The summed E-state index contributed by atoms with van der Waals surface area (Å²) in [6.07, 6.45) is 1.97. The number of imidazole rings is 1. The molecular weight excluding hydrogens is 316 g/mol. The van der Waals surface area contributed by atoms with E-state index in [0.717, 1.165) is 5.69 Å². The van der Waals surface area contributed by atoms with Crippen LogP contribution in [0.5, 0.6) is 0 Å². The lowest BCUT2D eigenvalue weighted by Gasteiger charge is -2.38. The summed E-state index contributed by atoms with van der Waals surface area (Å²) in [4.78, 5) is 4.62. The quantitative estimate of drug-likeness (QED) is 0.459. The standard InChI is InChI=1S/C24H22N2/c1-19-20(2)26(18-25-19)24(21-12-6-3-7-13-21,22-14-8-4-9-15-22)23-16-10-5-11-17-23/h3-18H,1-2H3. The largest absolute Gasteiger partial charge is 0.316 e. The molecule has 3 aromatic carbocycles. The fourth-order valence-corrected chi connectivity index (χ4v) is 3.79. The van der Waals surface area contributed by atoms with Crippen LogP contribution in [0.3, 0.4) is 0 Å². The molecule has 0 bridgehead atoms. The molecule has 0 spiro atoms. The Morgan fingerprint density at radius 1 is 0.615 bits per heavy atom. The number of rotatable bonds is 4. The van der Waals surface area contributed by atoms with Gasteiger partial charge in [0, 0.05) is 5.69 Å². The van der Waals surface area contributed by atoms with Crippen LogP contribution in [0, 0.1) is 13.8 Å². The monoisotopic (exact) mass is 338 g/mol. The molecule has 4 rings (SSSR count). The molecule has 1 aromatic heterocycles. The summed E-state index contributed by atoms with van der Waals surface area (Å²) in [6.45, 7) is 4.21. The van der Waals surface area contributed by atoms with Gasteiger partial charge in [0.2, 0.25) is 0 Å². The van der Waals surface area contributed by atoms with Crippen LogP contribution in [-0.2, 0) is 5.54 Å². The first-order valence-corrected chi connectivity index (χ1v) is 8.92. The second kappa shape index (κ2) is 6.64. The van der Waals surface area contributed by atoms with Crippen molar-refractivity contribution in [3.05, 3.63) is 125 Å². The summed E-state index contributed by atoms with van der Waals surface area (Å²) in [5, 5.41) is 0. The molecular formula is C24H22N2. The van der Waals surface area contributed by atoms with E-state index in [4.69, 9.17) is 0 Å². The van der Waals surface area contributed by atoms with E-state index in [2.05, 4.69) is 114 Å². The van der Waals surface area contributed by atoms with Crippen molar-refractivity contribution in [2.24, 2.45) is 0 Å². The van der Waals surface area contributed by atoms with Crippen molar-refractivity contribution in [1.82, 2.24) is 9.55 Å². The number of aromatic nitrogens is 2. The highest BCUT2D eigenvalue weighted by Crippen LogP contribution is 2.41. The van der Waals surface area contributed by atoms with Crippen molar-refractivity contribution >= 4 is 0 Å². The van der Waals surface area contributed by atoms with Gasteiger partial charge in [0.05, 0.1) is 12.0 Å². The predicted octanol–water partition coefficient (Wildman–Crippen LogP) is 5.34. The zero-order valence-electron chi connectivity index (χ0n) is 15.1. The second-order valence-corrected chi connectivity index (χ2v) is 6.59. The van der Waals surface area contributed by atoms with Crippen LogP contribution in [0.4, 0.5) is 0 Å². The van der Waals surface area contributed by atoms with Gasteiger partial charge >= 0.3 is 0 Å². The highest BCUT2D eigenvalue weighted by atomic mass is 15.1. The normalized spacial score (nSPS) is 11.5. The van der Waals surface area contributed by atoms with Crippen LogP contribution in [0.2, 0.25) is 0 Å². The number of nitrogens with zero attached hydrogens (tertiary/aromatic N) is 2. The summed E-state index contributed by atoms with van der Waals surface area (Å²) < 4.78 is 2.31. The summed E-state index contributed by atoms with van der Waals surface area (Å²) in [5.41, 5.74) is 5.42. The SMILES string of the molecule is Cc1ncn(C(c2ccccc2)(c2ccccc2)c2ccccc2)c1C. The summed E-state index contributed by atoms with van der Waals surface area (Å²) in [7, 11) is 0. The molecule has 128 valence electrons. The summed E-state index contributed by atoms with van der Waals surface area (Å²) in [5.74, 6) is 0. The maximum absolute atomic E-state index is 4.62. The van der Waals surface area contributed by atoms with E-state index in [1.165, 1.54) is 22.4 Å². The Balaban J connectivity index is 2.16. The second-order valence-electron chi connectivity index (χ2n) is 6.59. The van der Waals surface area contributed by atoms with Gasteiger partial charge in [0.1, 0.15) is 5.54 Å². The maximum atomic E-state index is 4.62. The third kappa shape index (κ3) is 2.46. The third-order valence-electron chi connectivity index (χ3n) is 5.19. The Bertz CT molecular complexity index is 890. The molecule has 0 amide bonds. The minimum absolute atomic E-state index is 0.463. The number of hydrogen-bond donors (Lipinski definition) is 0. The number of aryl methyl sites for hydroxylation is 1. The topological polar surface area (TPSA) is 17.8 Å². The van der Waals surface area contributed by atoms with Crippen molar-refractivity contribution in [3.8, 4) is 0 Å². The molecule has 0 atom stereocenters. The molecule has 0 aliphatic carbocycles. The van der Waals surface area contributed by atoms with Crippen molar-refractivity contribution in [2.75, 3.05) is 0 Å². The van der Waals surface area contributed by atoms with E-state index in [-0.39, 0.29) is 0 Å². The lowest BCUT2D eigenvalue weighted by Crippen LogP contribution is -2.38. The van der Waals surface area contributed by atoms with Crippen molar-refractivity contribution in [1.29, 1.82) is 0 Å². The minimum Gasteiger partial charge on any atom is -0.316 e. The Morgan fingerprint density at radius 2 is 1.00 bits per heavy atom. The molecule has 1 heterocycles. The Morgan fingerprint density at radius 3 is 1.31 bits per heavy atom. The maximum Gasteiger partial charge on any atom is 0.121 e. The van der Waals surface area contributed by atoms with Gasteiger partial charge in [-0.2, -0.15) is 0 Å². The Labute approximate surface area is 154 Å². The van der Waals surface area contributed by atoms with Gasteiger partial charge in [-0.05, 0) is 30.5 Å². The van der Waals surface area contributed by atoms with Gasteiger partial charge in [-0.15, -0.1) is 0 Å². The van der Waals surface area contributed by atoms with Crippen LogP contribution in [0.25, 0.3) is 0 Å². The molecule has 26 heavy (non-hydrogen) atoms. The van der Waals surface area contributed by atoms with Gasteiger partial charge < -0.3 is 4.57 Å². The zero-order chi connectivity index (χ0) is 18.0. The van der Waals surface area contributed by atoms with E-state index in [0.29, 0.717) is 0 Å². The van der Waals surface area contributed by atoms with Crippen molar-refractivity contribution < 1.29 is 0 Å². The van der Waals surface area contributed by atoms with Crippen LogP contribution in [0.1, 0.15) is 28.1 Å². The predicted molar refractivity (Wildman–Crippen MR) is 106 cm³/mol. The average Bonchev–Trinajstić information content (AvgIpc) is 3.04. The molecule has 0 saturated carbocycles. The van der Waals surface area contributed by atoms with Gasteiger partial charge in [-0.3, -0.25) is 0 Å². The fourth-order valence-electron chi connectivity index (χ4n) is 3.79. The van der Waals surface area contributed by atoms with Crippen molar-refractivity contribution in [2.45, 2.75) is 19.4 Å². The zero-order valence-corrected chi connectivity index (χ0v) is 15.1. The molecule has 0 aliphatic heterocycles. The van der Waals surface area contributed by atoms with Gasteiger partial charge in [-0.1, -0.05) is 91.0 Å². The lowest BCUT2D eigenvalue weighted by atomic mass is 9.76. The molecule has 0 unspecified atom stereocenters. The number of hydrogen-bond acceptors (Lipinski definition) is 1. The van der Waals surface area contributed by atoms with E-state index in [1.54, 1.807) is 0 Å². The van der Waals surface area contributed by atoms with E-state index in [9.17, 15) is 0 Å². The van der Waals surface area contributed by atoms with E-state index in [1.807, 2.05) is 6.33 Å². The molecule has 0 radical (unpaired) electrons. The highest BCUT2D eigenvalue weighted by molar-refractivity contribution is 5.51. The van der Waals surface area contributed by atoms with Crippen LogP contribution >= 0.6 is 0 Å². The fraction of sp³-hybridized carbons (Fsp3) is 0.125. The molecule has 0 saturated heterocycles. The first kappa shape index (κ1) is 16.3. The van der Waals surface area contributed by atoms with E-state index >= 15 is 0 Å². The van der Waals surface area contributed by atoms with Gasteiger partial charge in [0.15, 0.2) is 0 Å². The molecule has 0 fully saturated rings. The first-order chi connectivity index (χ1) is 12.7. The van der Waals surface area contributed by atoms with Crippen molar-refractivity contribution in [3.63, 3.8) is 0 Å². The highest BCUT2D eigenvalue weighted by Gasteiger charge is 2.39. The lowest BCUT2D eigenvalue weighted by molar-refractivity contribution is 0.503. The Kier molecular flexibility index (Phi) is 4.18.